The molecule has 4 N–H and O–H groups in total. The van der Waals surface area contributed by atoms with Crippen LogP contribution in [0.25, 0.3) is 0 Å². The number of carbonyl (C=O) groups is 2. The number of hydrazone groups is 1. The Balaban J connectivity index is 1.85. The van der Waals surface area contributed by atoms with E-state index in [0.29, 0.717) is 29.8 Å². The third-order valence-corrected chi connectivity index (χ3v) is 4.01. The minimum Gasteiger partial charge on any atom is -0.397 e. The molecule has 6 nitrogen and oxygen atoms in total. The molecule has 122 valence electrons. The van der Waals surface area contributed by atoms with E-state index >= 15 is 0 Å². The Morgan fingerprint density at radius 3 is 2.58 bits per heavy atom. The number of hydrogen-bond acceptors (Lipinski definition) is 4. The number of nitrogens with one attached hydrogen (secondary N) is 2. The first kappa shape index (κ1) is 15.7. The second-order valence-electron chi connectivity index (χ2n) is 5.61. The molecule has 0 aliphatic carbocycles. The van der Waals surface area contributed by atoms with Gasteiger partial charge in [0.2, 0.25) is 5.91 Å². The van der Waals surface area contributed by atoms with Gasteiger partial charge in [-0.2, -0.15) is 5.10 Å². The monoisotopic (exact) mass is 322 g/mol. The Labute approximate surface area is 139 Å². The predicted octanol–water partition coefficient (Wildman–Crippen LogP) is 2.44. The first-order valence-corrected chi connectivity index (χ1v) is 7.67. The molecule has 0 saturated heterocycles. The van der Waals surface area contributed by atoms with Crippen molar-refractivity contribution in [3.8, 4) is 0 Å². The molecule has 24 heavy (non-hydrogen) atoms. The minimum atomic E-state index is -0.211. The number of nitrogens with two attached hydrogens (primary N) is 1. The van der Waals surface area contributed by atoms with E-state index in [2.05, 4.69) is 15.8 Å². The third kappa shape index (κ3) is 3.12. The summed E-state index contributed by atoms with van der Waals surface area (Å²) < 4.78 is 0. The van der Waals surface area contributed by atoms with E-state index in [9.17, 15) is 9.59 Å². The smallest absolute Gasteiger partial charge is 0.255 e. The van der Waals surface area contributed by atoms with Crippen LogP contribution in [0.4, 0.5) is 11.4 Å². The summed E-state index contributed by atoms with van der Waals surface area (Å²) in [4.78, 5) is 23.5. The van der Waals surface area contributed by atoms with E-state index in [-0.39, 0.29) is 11.8 Å². The fourth-order valence-electron chi connectivity index (χ4n) is 2.60. The van der Waals surface area contributed by atoms with Gasteiger partial charge in [-0.25, -0.2) is 5.43 Å². The van der Waals surface area contributed by atoms with E-state index in [1.54, 1.807) is 18.2 Å². The molecule has 1 aliphatic rings. The number of rotatable bonds is 3. The number of benzene rings is 2. The molecule has 0 radical (unpaired) electrons. The Bertz CT molecular complexity index is 828. The zero-order chi connectivity index (χ0) is 17.1. The minimum absolute atomic E-state index is 0.0869. The lowest BCUT2D eigenvalue weighted by Crippen LogP contribution is -2.26. The number of hydrogen-bond donors (Lipinski definition) is 3. The molecular weight excluding hydrogens is 304 g/mol. The van der Waals surface area contributed by atoms with E-state index in [4.69, 9.17) is 5.73 Å². The zero-order valence-electron chi connectivity index (χ0n) is 13.3. The van der Waals surface area contributed by atoms with Crippen molar-refractivity contribution in [3.63, 3.8) is 0 Å². The van der Waals surface area contributed by atoms with Gasteiger partial charge >= 0.3 is 0 Å². The second kappa shape index (κ2) is 6.54. The average Bonchev–Trinajstić information content (AvgIpc) is 2.61. The van der Waals surface area contributed by atoms with Crippen LogP contribution in [0.5, 0.6) is 0 Å². The summed E-state index contributed by atoms with van der Waals surface area (Å²) >= 11 is 0. The molecule has 0 fully saturated rings. The van der Waals surface area contributed by atoms with E-state index in [1.165, 1.54) is 0 Å². The molecule has 1 aliphatic heterocycles. The first-order chi connectivity index (χ1) is 11.6. The maximum Gasteiger partial charge on any atom is 0.255 e. The van der Waals surface area contributed by atoms with E-state index in [1.807, 2.05) is 31.2 Å². The van der Waals surface area contributed by atoms with Gasteiger partial charge in [0, 0.05) is 24.0 Å². The molecular formula is C18H18N4O2. The number of nitrogen functional groups attached to an aromatic ring is 1. The van der Waals surface area contributed by atoms with Gasteiger partial charge in [-0.05, 0) is 30.7 Å². The van der Waals surface area contributed by atoms with Crippen molar-refractivity contribution >= 4 is 28.9 Å². The lowest BCUT2D eigenvalue weighted by Gasteiger charge is -2.17. The second-order valence-corrected chi connectivity index (χ2v) is 5.61. The molecule has 0 aromatic heterocycles. The lowest BCUT2D eigenvalue weighted by molar-refractivity contribution is -0.121. The third-order valence-electron chi connectivity index (χ3n) is 4.01. The maximum atomic E-state index is 12.3. The van der Waals surface area contributed by atoms with Crippen molar-refractivity contribution in [2.75, 3.05) is 11.1 Å². The quantitative estimate of drug-likeness (QED) is 0.757. The molecule has 1 heterocycles. The summed E-state index contributed by atoms with van der Waals surface area (Å²) in [5.41, 5.74) is 12.8. The van der Waals surface area contributed by atoms with Crippen molar-refractivity contribution in [2.45, 2.75) is 19.8 Å². The largest absolute Gasteiger partial charge is 0.397 e. The van der Waals surface area contributed by atoms with Crippen LogP contribution in [0.3, 0.4) is 0 Å². The van der Waals surface area contributed by atoms with Gasteiger partial charge in [-0.15, -0.1) is 0 Å². The van der Waals surface area contributed by atoms with Crippen LogP contribution in [0.15, 0.2) is 47.6 Å². The molecule has 0 atom stereocenters. The fraction of sp³-hybridized carbons (Fsp3) is 0.167. The van der Waals surface area contributed by atoms with Gasteiger partial charge in [0.15, 0.2) is 0 Å². The van der Waals surface area contributed by atoms with Gasteiger partial charge in [-0.3, -0.25) is 9.59 Å². The summed E-state index contributed by atoms with van der Waals surface area (Å²) in [6.07, 6.45) is 0.979. The maximum absolute atomic E-state index is 12.3. The molecule has 0 saturated carbocycles. The summed E-state index contributed by atoms with van der Waals surface area (Å²) in [6.45, 7) is 1.88. The van der Waals surface area contributed by atoms with Gasteiger partial charge in [0.1, 0.15) is 0 Å². The molecule has 0 bridgehead atoms. The Morgan fingerprint density at radius 1 is 1.17 bits per heavy atom. The lowest BCUT2D eigenvalue weighted by atomic mass is 9.97. The van der Waals surface area contributed by atoms with Crippen molar-refractivity contribution in [1.29, 1.82) is 0 Å². The molecule has 2 aromatic rings. The normalized spacial score (nSPS) is 13.9. The molecule has 2 aromatic carbocycles. The van der Waals surface area contributed by atoms with Gasteiger partial charge in [-0.1, -0.05) is 24.3 Å². The van der Waals surface area contributed by atoms with Crippen LogP contribution >= 0.6 is 0 Å². The molecule has 6 heteroatoms. The summed E-state index contributed by atoms with van der Waals surface area (Å²) in [7, 11) is 0. The van der Waals surface area contributed by atoms with Crippen LogP contribution < -0.4 is 16.5 Å². The first-order valence-electron chi connectivity index (χ1n) is 7.67. The number of anilines is 2. The highest BCUT2D eigenvalue weighted by Crippen LogP contribution is 2.28. The molecule has 0 spiro atoms. The van der Waals surface area contributed by atoms with Gasteiger partial charge in [0.05, 0.1) is 17.1 Å². The Hall–Kier alpha value is -3.15. The highest BCUT2D eigenvalue weighted by molar-refractivity contribution is 6.09. The standard InChI is InChI=1S/C18H18N4O2/c1-11-13(14-9-10-16(23)22-21-14)7-8-15(17(11)19)20-18(24)12-5-3-2-4-6-12/h2-8H,9-10,19H2,1H3,(H,20,24)(H,22,23). The average molecular weight is 322 g/mol. The van der Waals surface area contributed by atoms with Gasteiger partial charge in [0.25, 0.3) is 5.91 Å². The predicted molar refractivity (Wildman–Crippen MR) is 93.9 cm³/mol. The molecule has 0 unspecified atom stereocenters. The zero-order valence-corrected chi connectivity index (χ0v) is 13.3. The Kier molecular flexibility index (Phi) is 4.29. The molecule has 3 rings (SSSR count). The number of carbonyl (C=O) groups excluding carboxylic acids is 2. The number of nitrogens with zero attached hydrogens (tertiary/aromatic N) is 1. The van der Waals surface area contributed by atoms with Crippen molar-refractivity contribution in [3.05, 3.63) is 59.2 Å². The molecule has 2 amide bonds. The fourth-order valence-corrected chi connectivity index (χ4v) is 2.60. The van der Waals surface area contributed by atoms with Crippen molar-refractivity contribution in [1.82, 2.24) is 5.43 Å². The SMILES string of the molecule is Cc1c(C2=NNC(=O)CC2)ccc(NC(=O)c2ccccc2)c1N. The van der Waals surface area contributed by atoms with Crippen LogP contribution in [0.2, 0.25) is 0 Å². The van der Waals surface area contributed by atoms with E-state index < -0.39 is 0 Å². The van der Waals surface area contributed by atoms with Gasteiger partial charge < -0.3 is 11.1 Å². The van der Waals surface area contributed by atoms with Crippen LogP contribution in [0.1, 0.15) is 34.3 Å². The highest BCUT2D eigenvalue weighted by atomic mass is 16.2. The van der Waals surface area contributed by atoms with Crippen LogP contribution in [-0.2, 0) is 4.79 Å². The Morgan fingerprint density at radius 2 is 1.92 bits per heavy atom. The summed E-state index contributed by atoms with van der Waals surface area (Å²) in [5, 5.41) is 6.93. The van der Waals surface area contributed by atoms with E-state index in [0.717, 1.165) is 16.8 Å². The van der Waals surface area contributed by atoms with Crippen LogP contribution in [-0.4, -0.2) is 17.5 Å². The topological polar surface area (TPSA) is 96.6 Å². The van der Waals surface area contributed by atoms with Crippen molar-refractivity contribution < 1.29 is 9.59 Å². The number of amides is 2. The van der Waals surface area contributed by atoms with Crippen molar-refractivity contribution in [2.24, 2.45) is 5.10 Å². The summed E-state index contributed by atoms with van der Waals surface area (Å²) in [5.74, 6) is -0.298. The highest BCUT2D eigenvalue weighted by Gasteiger charge is 2.18. The van der Waals surface area contributed by atoms with Crippen LogP contribution in [0, 0.1) is 6.92 Å². The summed E-state index contributed by atoms with van der Waals surface area (Å²) in [6, 6.07) is 12.6.